The molecule has 1 N–H and O–H groups in total. The van der Waals surface area contributed by atoms with E-state index in [9.17, 15) is 0 Å². The van der Waals surface area contributed by atoms with E-state index in [1.165, 1.54) is 36.0 Å². The standard InChI is InChI=1S/C17H21N3O/c1-11-7-12(2)20-17(19-11)18-10-15-8-13-5-4-6-14(13)9-16(15)21-3/h7-9H,4-6,10H2,1-3H3,(H,18,19,20). The van der Waals surface area contributed by atoms with E-state index in [1.807, 2.05) is 19.9 Å². The second-order valence-electron chi connectivity index (χ2n) is 5.61. The molecule has 0 bridgehead atoms. The molecule has 0 aliphatic heterocycles. The third-order valence-electron chi connectivity index (χ3n) is 3.91. The Hall–Kier alpha value is -2.10. The molecule has 0 unspecified atom stereocenters. The molecule has 1 aromatic heterocycles. The SMILES string of the molecule is COc1cc2c(cc1CNc1nc(C)cc(C)n1)CCC2. The van der Waals surface area contributed by atoms with Gasteiger partial charge in [0.05, 0.1) is 7.11 Å². The topological polar surface area (TPSA) is 47.0 Å². The van der Waals surface area contributed by atoms with Crippen LogP contribution < -0.4 is 10.1 Å². The summed E-state index contributed by atoms with van der Waals surface area (Å²) in [6.45, 7) is 4.64. The van der Waals surface area contributed by atoms with E-state index >= 15 is 0 Å². The van der Waals surface area contributed by atoms with E-state index in [-0.39, 0.29) is 0 Å². The highest BCUT2D eigenvalue weighted by Crippen LogP contribution is 2.30. The van der Waals surface area contributed by atoms with Crippen molar-refractivity contribution in [3.63, 3.8) is 0 Å². The second kappa shape index (κ2) is 5.72. The van der Waals surface area contributed by atoms with Gasteiger partial charge in [-0.1, -0.05) is 6.07 Å². The smallest absolute Gasteiger partial charge is 0.223 e. The number of aromatic nitrogens is 2. The average molecular weight is 283 g/mol. The molecule has 0 amide bonds. The summed E-state index contributed by atoms with van der Waals surface area (Å²) in [5.74, 6) is 1.63. The van der Waals surface area contributed by atoms with Crippen molar-refractivity contribution in [3.8, 4) is 5.75 Å². The molecular formula is C17H21N3O. The fourth-order valence-electron chi connectivity index (χ4n) is 2.96. The lowest BCUT2D eigenvalue weighted by Gasteiger charge is -2.13. The molecule has 0 spiro atoms. The molecule has 4 nitrogen and oxygen atoms in total. The van der Waals surface area contributed by atoms with Crippen LogP contribution in [0.1, 0.15) is 34.5 Å². The van der Waals surface area contributed by atoms with Crippen molar-refractivity contribution in [2.45, 2.75) is 39.7 Å². The lowest BCUT2D eigenvalue weighted by Crippen LogP contribution is -2.07. The van der Waals surface area contributed by atoms with Crippen molar-refractivity contribution in [2.24, 2.45) is 0 Å². The Morgan fingerprint density at radius 1 is 1.05 bits per heavy atom. The van der Waals surface area contributed by atoms with Crippen LogP contribution in [0.25, 0.3) is 0 Å². The molecule has 0 fully saturated rings. The predicted molar refractivity (Wildman–Crippen MR) is 83.9 cm³/mol. The van der Waals surface area contributed by atoms with Crippen molar-refractivity contribution in [1.82, 2.24) is 9.97 Å². The number of nitrogens with zero attached hydrogens (tertiary/aromatic N) is 2. The highest BCUT2D eigenvalue weighted by Gasteiger charge is 2.15. The Labute approximate surface area is 125 Å². The zero-order valence-electron chi connectivity index (χ0n) is 12.9. The molecule has 0 saturated heterocycles. The number of fused-ring (bicyclic) bond motifs is 1. The zero-order valence-corrected chi connectivity index (χ0v) is 12.9. The number of nitrogens with one attached hydrogen (secondary N) is 1. The van der Waals surface area contributed by atoms with Crippen LogP contribution in [0.4, 0.5) is 5.95 Å². The first kappa shape index (κ1) is 13.9. The Kier molecular flexibility index (Phi) is 3.78. The number of aryl methyl sites for hydroxylation is 4. The fourth-order valence-corrected chi connectivity index (χ4v) is 2.96. The zero-order chi connectivity index (χ0) is 14.8. The van der Waals surface area contributed by atoms with Crippen LogP contribution in [0.2, 0.25) is 0 Å². The summed E-state index contributed by atoms with van der Waals surface area (Å²) < 4.78 is 5.53. The van der Waals surface area contributed by atoms with Gasteiger partial charge in [0.15, 0.2) is 0 Å². The van der Waals surface area contributed by atoms with Crippen LogP contribution in [-0.4, -0.2) is 17.1 Å². The van der Waals surface area contributed by atoms with Crippen LogP contribution in [0.3, 0.4) is 0 Å². The van der Waals surface area contributed by atoms with Crippen LogP contribution >= 0.6 is 0 Å². The van der Waals surface area contributed by atoms with Crippen molar-refractivity contribution in [1.29, 1.82) is 0 Å². The van der Waals surface area contributed by atoms with Gasteiger partial charge >= 0.3 is 0 Å². The Morgan fingerprint density at radius 2 is 1.71 bits per heavy atom. The molecule has 0 radical (unpaired) electrons. The molecule has 3 rings (SSSR count). The summed E-state index contributed by atoms with van der Waals surface area (Å²) in [6.07, 6.45) is 3.58. The number of methoxy groups -OCH3 is 1. The summed E-state index contributed by atoms with van der Waals surface area (Å²) >= 11 is 0. The van der Waals surface area contributed by atoms with Crippen LogP contribution in [0, 0.1) is 13.8 Å². The molecule has 110 valence electrons. The third-order valence-corrected chi connectivity index (χ3v) is 3.91. The minimum atomic E-state index is 0.676. The van der Waals surface area contributed by atoms with Gasteiger partial charge in [-0.3, -0.25) is 0 Å². The first-order valence-electron chi connectivity index (χ1n) is 7.40. The van der Waals surface area contributed by atoms with Crippen molar-refractivity contribution < 1.29 is 4.74 Å². The molecule has 0 saturated carbocycles. The Balaban J connectivity index is 1.81. The molecule has 4 heteroatoms. The monoisotopic (exact) mass is 283 g/mol. The van der Waals surface area contributed by atoms with E-state index in [4.69, 9.17) is 4.74 Å². The Bertz CT molecular complexity index is 647. The summed E-state index contributed by atoms with van der Waals surface area (Å²) in [5.41, 5.74) is 6.00. The van der Waals surface area contributed by atoms with E-state index in [0.29, 0.717) is 12.5 Å². The van der Waals surface area contributed by atoms with Gasteiger partial charge < -0.3 is 10.1 Å². The molecule has 1 aromatic carbocycles. The lowest BCUT2D eigenvalue weighted by atomic mass is 10.1. The Morgan fingerprint density at radius 3 is 2.38 bits per heavy atom. The van der Waals surface area contributed by atoms with Gasteiger partial charge in [0.25, 0.3) is 0 Å². The predicted octanol–water partition coefficient (Wildman–Crippen LogP) is 3.20. The number of ether oxygens (including phenoxy) is 1. The van der Waals surface area contributed by atoms with Gasteiger partial charge in [0.1, 0.15) is 5.75 Å². The second-order valence-corrected chi connectivity index (χ2v) is 5.61. The maximum atomic E-state index is 5.53. The molecule has 2 aromatic rings. The molecule has 1 heterocycles. The minimum absolute atomic E-state index is 0.676. The maximum Gasteiger partial charge on any atom is 0.223 e. The van der Waals surface area contributed by atoms with E-state index in [1.54, 1.807) is 7.11 Å². The molecule has 21 heavy (non-hydrogen) atoms. The van der Waals surface area contributed by atoms with E-state index in [2.05, 4.69) is 27.4 Å². The van der Waals surface area contributed by atoms with Crippen molar-refractivity contribution >= 4 is 5.95 Å². The van der Waals surface area contributed by atoms with E-state index in [0.717, 1.165) is 17.1 Å². The van der Waals surface area contributed by atoms with Crippen LogP contribution in [0.15, 0.2) is 18.2 Å². The van der Waals surface area contributed by atoms with Crippen molar-refractivity contribution in [3.05, 3.63) is 46.3 Å². The van der Waals surface area contributed by atoms with Gasteiger partial charge in [-0.05, 0) is 56.4 Å². The summed E-state index contributed by atoms with van der Waals surface area (Å²) in [6, 6.07) is 6.42. The highest BCUT2D eigenvalue weighted by molar-refractivity contribution is 5.46. The quantitative estimate of drug-likeness (QED) is 0.936. The number of hydrogen-bond acceptors (Lipinski definition) is 4. The van der Waals surface area contributed by atoms with Crippen LogP contribution in [-0.2, 0) is 19.4 Å². The van der Waals surface area contributed by atoms with Crippen LogP contribution in [0.5, 0.6) is 5.75 Å². The highest BCUT2D eigenvalue weighted by atomic mass is 16.5. The average Bonchev–Trinajstić information content (AvgIpc) is 2.90. The third kappa shape index (κ3) is 2.99. The molecular weight excluding hydrogens is 262 g/mol. The van der Waals surface area contributed by atoms with Gasteiger partial charge in [-0.25, -0.2) is 9.97 Å². The maximum absolute atomic E-state index is 5.53. The van der Waals surface area contributed by atoms with Gasteiger partial charge in [0, 0.05) is 23.5 Å². The summed E-state index contributed by atoms with van der Waals surface area (Å²) in [5, 5.41) is 3.31. The molecule has 1 aliphatic carbocycles. The first-order valence-corrected chi connectivity index (χ1v) is 7.40. The fraction of sp³-hybridized carbons (Fsp3) is 0.412. The summed E-state index contributed by atoms with van der Waals surface area (Å²) in [7, 11) is 1.73. The molecule has 0 atom stereocenters. The summed E-state index contributed by atoms with van der Waals surface area (Å²) in [4.78, 5) is 8.83. The van der Waals surface area contributed by atoms with E-state index < -0.39 is 0 Å². The number of rotatable bonds is 4. The first-order chi connectivity index (χ1) is 10.2. The van der Waals surface area contributed by atoms with Crippen molar-refractivity contribution in [2.75, 3.05) is 12.4 Å². The molecule has 1 aliphatic rings. The van der Waals surface area contributed by atoms with Gasteiger partial charge in [-0.15, -0.1) is 0 Å². The van der Waals surface area contributed by atoms with Gasteiger partial charge in [-0.2, -0.15) is 0 Å². The normalized spacial score (nSPS) is 13.1. The lowest BCUT2D eigenvalue weighted by molar-refractivity contribution is 0.410. The van der Waals surface area contributed by atoms with Gasteiger partial charge in [0.2, 0.25) is 5.95 Å². The number of benzene rings is 1. The largest absolute Gasteiger partial charge is 0.496 e. The number of anilines is 1. The minimum Gasteiger partial charge on any atom is -0.496 e. The number of hydrogen-bond donors (Lipinski definition) is 1.